The second-order valence-electron chi connectivity index (χ2n) is 5.30. The number of nitrogens with zero attached hydrogens (tertiary/aromatic N) is 2. The SMILES string of the molecule is CC(N)c1cc(Br)ccc1N1CCN(C)CC1C. The van der Waals surface area contributed by atoms with Crippen molar-refractivity contribution >= 4 is 21.6 Å². The number of nitrogens with two attached hydrogens (primary N) is 1. The molecule has 2 rings (SSSR count). The monoisotopic (exact) mass is 311 g/mol. The predicted octanol–water partition coefficient (Wildman–Crippen LogP) is 2.61. The molecule has 1 aliphatic rings. The molecular weight excluding hydrogens is 290 g/mol. The van der Waals surface area contributed by atoms with Crippen LogP contribution in [0, 0.1) is 0 Å². The fourth-order valence-corrected chi connectivity index (χ4v) is 3.03. The van der Waals surface area contributed by atoms with Gasteiger partial charge >= 0.3 is 0 Å². The van der Waals surface area contributed by atoms with Gasteiger partial charge in [-0.1, -0.05) is 15.9 Å². The summed E-state index contributed by atoms with van der Waals surface area (Å²) in [5.41, 5.74) is 8.61. The Bertz CT molecular complexity index is 420. The van der Waals surface area contributed by atoms with E-state index < -0.39 is 0 Å². The average Bonchev–Trinajstić information content (AvgIpc) is 2.29. The Morgan fingerprint density at radius 2 is 2.11 bits per heavy atom. The normalized spacial score (nSPS) is 23.2. The molecule has 4 heteroatoms. The molecule has 2 unspecified atom stereocenters. The number of likely N-dealkylation sites (N-methyl/N-ethyl adjacent to an activating group) is 1. The third-order valence-corrected chi connectivity index (χ3v) is 4.11. The van der Waals surface area contributed by atoms with Gasteiger partial charge in [0.05, 0.1) is 0 Å². The van der Waals surface area contributed by atoms with Crippen LogP contribution in [0.3, 0.4) is 0 Å². The number of anilines is 1. The van der Waals surface area contributed by atoms with Crippen LogP contribution in [0.5, 0.6) is 0 Å². The summed E-state index contributed by atoms with van der Waals surface area (Å²) >= 11 is 3.53. The Hall–Kier alpha value is -0.580. The molecule has 2 atom stereocenters. The largest absolute Gasteiger partial charge is 0.366 e. The van der Waals surface area contributed by atoms with Crippen molar-refractivity contribution in [1.82, 2.24) is 4.90 Å². The second kappa shape index (κ2) is 5.59. The Labute approximate surface area is 118 Å². The molecule has 3 nitrogen and oxygen atoms in total. The smallest absolute Gasteiger partial charge is 0.0418 e. The van der Waals surface area contributed by atoms with E-state index in [1.807, 2.05) is 6.92 Å². The van der Waals surface area contributed by atoms with Gasteiger partial charge in [-0.3, -0.25) is 0 Å². The second-order valence-corrected chi connectivity index (χ2v) is 6.21. The van der Waals surface area contributed by atoms with Gasteiger partial charge in [-0.25, -0.2) is 0 Å². The Morgan fingerprint density at radius 1 is 1.39 bits per heavy atom. The zero-order chi connectivity index (χ0) is 13.3. The zero-order valence-electron chi connectivity index (χ0n) is 11.4. The summed E-state index contributed by atoms with van der Waals surface area (Å²) in [6, 6.07) is 7.02. The van der Waals surface area contributed by atoms with Crippen molar-refractivity contribution in [3.63, 3.8) is 0 Å². The number of halogens is 1. The van der Waals surface area contributed by atoms with E-state index in [2.05, 4.69) is 57.9 Å². The Kier molecular flexibility index (Phi) is 4.30. The first-order valence-electron chi connectivity index (χ1n) is 6.49. The highest BCUT2D eigenvalue weighted by molar-refractivity contribution is 9.10. The summed E-state index contributed by atoms with van der Waals surface area (Å²) in [6.45, 7) is 7.61. The molecule has 0 saturated carbocycles. The van der Waals surface area contributed by atoms with Crippen LogP contribution in [0.25, 0.3) is 0 Å². The van der Waals surface area contributed by atoms with Gasteiger partial charge in [-0.15, -0.1) is 0 Å². The fourth-order valence-electron chi connectivity index (χ4n) is 2.65. The van der Waals surface area contributed by atoms with Crippen molar-refractivity contribution in [3.05, 3.63) is 28.2 Å². The lowest BCUT2D eigenvalue weighted by atomic mass is 10.0. The van der Waals surface area contributed by atoms with Crippen LogP contribution in [0.1, 0.15) is 25.5 Å². The van der Waals surface area contributed by atoms with E-state index in [0.717, 1.165) is 24.1 Å². The summed E-state index contributed by atoms with van der Waals surface area (Å²) in [7, 11) is 2.18. The van der Waals surface area contributed by atoms with Crippen LogP contribution < -0.4 is 10.6 Å². The van der Waals surface area contributed by atoms with Crippen LogP contribution in [-0.4, -0.2) is 37.6 Å². The van der Waals surface area contributed by atoms with Crippen molar-refractivity contribution in [3.8, 4) is 0 Å². The van der Waals surface area contributed by atoms with Gasteiger partial charge in [0, 0.05) is 41.9 Å². The van der Waals surface area contributed by atoms with Gasteiger partial charge in [-0.2, -0.15) is 0 Å². The third kappa shape index (κ3) is 2.87. The molecule has 0 spiro atoms. The lowest BCUT2D eigenvalue weighted by Gasteiger charge is -2.41. The van der Waals surface area contributed by atoms with Gasteiger partial charge in [0.2, 0.25) is 0 Å². The summed E-state index contributed by atoms with van der Waals surface area (Å²) in [5, 5.41) is 0. The van der Waals surface area contributed by atoms with Crippen LogP contribution in [-0.2, 0) is 0 Å². The first-order chi connectivity index (χ1) is 8.49. The summed E-state index contributed by atoms with van der Waals surface area (Å²) in [4.78, 5) is 4.86. The maximum absolute atomic E-state index is 6.10. The molecule has 1 aliphatic heterocycles. The van der Waals surface area contributed by atoms with E-state index >= 15 is 0 Å². The molecule has 0 bridgehead atoms. The maximum atomic E-state index is 6.10. The van der Waals surface area contributed by atoms with Gasteiger partial charge in [0.25, 0.3) is 0 Å². The van der Waals surface area contributed by atoms with Crippen molar-refractivity contribution in [1.29, 1.82) is 0 Å². The topological polar surface area (TPSA) is 32.5 Å². The number of piperazine rings is 1. The maximum Gasteiger partial charge on any atom is 0.0418 e. The van der Waals surface area contributed by atoms with Crippen molar-refractivity contribution in [2.24, 2.45) is 5.73 Å². The number of hydrogen-bond acceptors (Lipinski definition) is 3. The molecule has 18 heavy (non-hydrogen) atoms. The highest BCUT2D eigenvalue weighted by Crippen LogP contribution is 2.30. The molecule has 1 heterocycles. The molecule has 0 aliphatic carbocycles. The van der Waals surface area contributed by atoms with Crippen molar-refractivity contribution < 1.29 is 0 Å². The lowest BCUT2D eigenvalue weighted by Crippen LogP contribution is -2.50. The molecule has 0 radical (unpaired) electrons. The summed E-state index contributed by atoms with van der Waals surface area (Å²) in [5.74, 6) is 0. The van der Waals surface area contributed by atoms with E-state index in [1.165, 1.54) is 11.3 Å². The third-order valence-electron chi connectivity index (χ3n) is 3.62. The van der Waals surface area contributed by atoms with Crippen LogP contribution in [0.2, 0.25) is 0 Å². The van der Waals surface area contributed by atoms with Gasteiger partial charge in [-0.05, 0) is 44.7 Å². The molecule has 1 saturated heterocycles. The van der Waals surface area contributed by atoms with Crippen LogP contribution in [0.4, 0.5) is 5.69 Å². The minimum Gasteiger partial charge on any atom is -0.366 e. The minimum absolute atomic E-state index is 0.0596. The molecular formula is C14H22BrN3. The van der Waals surface area contributed by atoms with Crippen molar-refractivity contribution in [2.75, 3.05) is 31.6 Å². The summed E-state index contributed by atoms with van der Waals surface area (Å²) in [6.07, 6.45) is 0. The van der Waals surface area contributed by atoms with Crippen LogP contribution in [0.15, 0.2) is 22.7 Å². The van der Waals surface area contributed by atoms with Gasteiger partial charge in [0.15, 0.2) is 0 Å². The molecule has 0 aromatic heterocycles. The fraction of sp³-hybridized carbons (Fsp3) is 0.571. The van der Waals surface area contributed by atoms with Crippen LogP contribution >= 0.6 is 15.9 Å². The van der Waals surface area contributed by atoms with E-state index in [1.54, 1.807) is 0 Å². The highest BCUT2D eigenvalue weighted by atomic mass is 79.9. The van der Waals surface area contributed by atoms with Crippen molar-refractivity contribution in [2.45, 2.75) is 25.9 Å². The molecule has 100 valence electrons. The molecule has 1 aromatic rings. The minimum atomic E-state index is 0.0596. The van der Waals surface area contributed by atoms with Gasteiger partial charge < -0.3 is 15.5 Å². The number of rotatable bonds is 2. The quantitative estimate of drug-likeness (QED) is 0.911. The Morgan fingerprint density at radius 3 is 2.72 bits per heavy atom. The molecule has 1 aromatic carbocycles. The first kappa shape index (κ1) is 13.8. The predicted molar refractivity (Wildman–Crippen MR) is 81.0 cm³/mol. The lowest BCUT2D eigenvalue weighted by molar-refractivity contribution is 0.275. The summed E-state index contributed by atoms with van der Waals surface area (Å²) < 4.78 is 1.10. The van der Waals surface area contributed by atoms with E-state index in [0.29, 0.717) is 6.04 Å². The standard InChI is InChI=1S/C14H22BrN3/c1-10-9-17(3)6-7-18(10)14-5-4-12(15)8-13(14)11(2)16/h4-5,8,10-11H,6-7,9,16H2,1-3H3. The van der Waals surface area contributed by atoms with Gasteiger partial charge in [0.1, 0.15) is 0 Å². The Balaban J connectivity index is 2.32. The zero-order valence-corrected chi connectivity index (χ0v) is 12.9. The average molecular weight is 312 g/mol. The molecule has 2 N–H and O–H groups in total. The molecule has 1 fully saturated rings. The number of benzene rings is 1. The van der Waals surface area contributed by atoms with E-state index in [4.69, 9.17) is 5.73 Å². The van der Waals surface area contributed by atoms with E-state index in [-0.39, 0.29) is 6.04 Å². The van der Waals surface area contributed by atoms with E-state index in [9.17, 15) is 0 Å². The highest BCUT2D eigenvalue weighted by Gasteiger charge is 2.24. The first-order valence-corrected chi connectivity index (χ1v) is 7.28. The molecule has 0 amide bonds. The number of hydrogen-bond donors (Lipinski definition) is 1.